The maximum Gasteiger partial charge on any atom is 0.137 e. The molecule has 1 atom stereocenters. The van der Waals surface area contributed by atoms with Crippen molar-refractivity contribution in [3.63, 3.8) is 0 Å². The van der Waals surface area contributed by atoms with Crippen molar-refractivity contribution in [1.82, 2.24) is 4.90 Å². The minimum Gasteiger partial charge on any atom is -0.296 e. The second-order valence-corrected chi connectivity index (χ2v) is 5.53. The summed E-state index contributed by atoms with van der Waals surface area (Å²) in [7, 11) is 0. The molecule has 1 aliphatic rings. The van der Waals surface area contributed by atoms with Gasteiger partial charge in [0.15, 0.2) is 0 Å². The van der Waals surface area contributed by atoms with E-state index in [1.165, 1.54) is 31.7 Å². The molecule has 1 aromatic rings. The molecule has 1 fully saturated rings. The highest BCUT2D eigenvalue weighted by molar-refractivity contribution is 9.10. The van der Waals surface area contributed by atoms with Gasteiger partial charge in [0.2, 0.25) is 0 Å². The van der Waals surface area contributed by atoms with Gasteiger partial charge in [0, 0.05) is 12.6 Å². The summed E-state index contributed by atoms with van der Waals surface area (Å²) in [6.45, 7) is 4.24. The van der Waals surface area contributed by atoms with Crippen LogP contribution in [0.3, 0.4) is 0 Å². The number of hydrogen-bond donors (Lipinski definition) is 0. The largest absolute Gasteiger partial charge is 0.296 e. The maximum atomic E-state index is 13.4. The number of likely N-dealkylation sites (tertiary alicyclic amines) is 1. The van der Waals surface area contributed by atoms with Crippen molar-refractivity contribution in [3.05, 3.63) is 34.1 Å². The highest BCUT2D eigenvalue weighted by Gasteiger charge is 2.21. The Morgan fingerprint density at radius 1 is 1.41 bits per heavy atom. The van der Waals surface area contributed by atoms with Crippen molar-refractivity contribution in [1.29, 1.82) is 0 Å². The standard InChI is InChI=1S/C14H19BrFN/c1-2-12-7-3-4-9-17(12)10-11-6-5-8-13(16)14(11)15/h5-6,8,12H,2-4,7,9-10H2,1H3. The summed E-state index contributed by atoms with van der Waals surface area (Å²) < 4.78 is 14.1. The first kappa shape index (κ1) is 13.0. The molecule has 0 aliphatic carbocycles. The van der Waals surface area contributed by atoms with Gasteiger partial charge in [0.05, 0.1) is 4.47 Å². The molecular weight excluding hydrogens is 281 g/mol. The summed E-state index contributed by atoms with van der Waals surface area (Å²) in [4.78, 5) is 2.49. The Bertz CT molecular complexity index is 380. The van der Waals surface area contributed by atoms with Crippen molar-refractivity contribution in [2.24, 2.45) is 0 Å². The first-order valence-corrected chi connectivity index (χ1v) is 7.18. The highest BCUT2D eigenvalue weighted by atomic mass is 79.9. The average molecular weight is 300 g/mol. The highest BCUT2D eigenvalue weighted by Crippen LogP contribution is 2.26. The van der Waals surface area contributed by atoms with E-state index in [9.17, 15) is 4.39 Å². The number of halogens is 2. The van der Waals surface area contributed by atoms with Crippen LogP contribution in [0, 0.1) is 5.82 Å². The zero-order valence-corrected chi connectivity index (χ0v) is 11.8. The Balaban J connectivity index is 2.11. The molecule has 0 N–H and O–H groups in total. The van der Waals surface area contributed by atoms with Gasteiger partial charge >= 0.3 is 0 Å². The Hall–Kier alpha value is -0.410. The number of piperidine rings is 1. The quantitative estimate of drug-likeness (QED) is 0.802. The molecule has 3 heteroatoms. The third-order valence-electron chi connectivity index (χ3n) is 3.63. The molecule has 1 heterocycles. The number of nitrogens with zero attached hydrogens (tertiary/aromatic N) is 1. The van der Waals surface area contributed by atoms with Crippen molar-refractivity contribution < 1.29 is 4.39 Å². The van der Waals surface area contributed by atoms with Gasteiger partial charge in [0.25, 0.3) is 0 Å². The van der Waals surface area contributed by atoms with Crippen molar-refractivity contribution in [3.8, 4) is 0 Å². The second-order valence-electron chi connectivity index (χ2n) is 4.74. The summed E-state index contributed by atoms with van der Waals surface area (Å²) in [5.74, 6) is -0.160. The monoisotopic (exact) mass is 299 g/mol. The zero-order valence-electron chi connectivity index (χ0n) is 10.3. The van der Waals surface area contributed by atoms with Crippen LogP contribution >= 0.6 is 15.9 Å². The lowest BCUT2D eigenvalue weighted by molar-refractivity contribution is 0.136. The zero-order chi connectivity index (χ0) is 12.3. The predicted molar refractivity (Wildman–Crippen MR) is 72.4 cm³/mol. The van der Waals surface area contributed by atoms with E-state index in [0.29, 0.717) is 10.5 Å². The summed E-state index contributed by atoms with van der Waals surface area (Å²) in [5, 5.41) is 0. The van der Waals surface area contributed by atoms with Crippen LogP contribution in [-0.4, -0.2) is 17.5 Å². The average Bonchev–Trinajstić information content (AvgIpc) is 2.35. The minimum absolute atomic E-state index is 0.160. The molecule has 0 amide bonds. The van der Waals surface area contributed by atoms with Crippen LogP contribution in [0.1, 0.15) is 38.2 Å². The summed E-state index contributed by atoms with van der Waals surface area (Å²) >= 11 is 3.35. The van der Waals surface area contributed by atoms with Crippen LogP contribution in [0.5, 0.6) is 0 Å². The Morgan fingerprint density at radius 2 is 2.24 bits per heavy atom. The topological polar surface area (TPSA) is 3.24 Å². The smallest absolute Gasteiger partial charge is 0.137 e. The van der Waals surface area contributed by atoms with Crippen LogP contribution in [0.15, 0.2) is 22.7 Å². The fourth-order valence-corrected chi connectivity index (χ4v) is 3.01. The Morgan fingerprint density at radius 3 is 3.00 bits per heavy atom. The second kappa shape index (κ2) is 5.96. The summed E-state index contributed by atoms with van der Waals surface area (Å²) in [6, 6.07) is 5.97. The first-order chi connectivity index (χ1) is 8.22. The number of rotatable bonds is 3. The lowest BCUT2D eigenvalue weighted by atomic mass is 9.99. The molecule has 0 radical (unpaired) electrons. The predicted octanol–water partition coefficient (Wildman–Crippen LogP) is 4.35. The van der Waals surface area contributed by atoms with Crippen LogP contribution < -0.4 is 0 Å². The van der Waals surface area contributed by atoms with Crippen LogP contribution in [0.4, 0.5) is 4.39 Å². The van der Waals surface area contributed by atoms with Crippen LogP contribution in [-0.2, 0) is 6.54 Å². The van der Waals surface area contributed by atoms with Gasteiger partial charge in [-0.25, -0.2) is 4.39 Å². The van der Waals surface area contributed by atoms with E-state index in [-0.39, 0.29) is 5.82 Å². The van der Waals surface area contributed by atoms with E-state index in [1.807, 2.05) is 6.07 Å². The summed E-state index contributed by atoms with van der Waals surface area (Å²) in [5.41, 5.74) is 1.06. The molecule has 17 heavy (non-hydrogen) atoms. The van der Waals surface area contributed by atoms with Crippen molar-refractivity contribution >= 4 is 15.9 Å². The van der Waals surface area contributed by atoms with Crippen molar-refractivity contribution in [2.75, 3.05) is 6.54 Å². The van der Waals surface area contributed by atoms with Gasteiger partial charge in [-0.3, -0.25) is 4.90 Å². The summed E-state index contributed by atoms with van der Waals surface area (Å²) in [6.07, 6.45) is 5.07. The third kappa shape index (κ3) is 3.08. The van der Waals surface area contributed by atoms with E-state index in [2.05, 4.69) is 27.8 Å². The fourth-order valence-electron chi connectivity index (χ4n) is 2.62. The first-order valence-electron chi connectivity index (χ1n) is 6.39. The van der Waals surface area contributed by atoms with E-state index >= 15 is 0 Å². The molecule has 0 spiro atoms. The molecule has 0 bridgehead atoms. The minimum atomic E-state index is -0.160. The van der Waals surface area contributed by atoms with Crippen molar-refractivity contribution in [2.45, 2.75) is 45.2 Å². The number of benzene rings is 1. The normalized spacial score (nSPS) is 21.7. The molecular formula is C14H19BrFN. The molecule has 1 nitrogen and oxygen atoms in total. The van der Waals surface area contributed by atoms with Crippen LogP contribution in [0.2, 0.25) is 0 Å². The van der Waals surface area contributed by atoms with Gasteiger partial charge < -0.3 is 0 Å². The molecule has 1 saturated heterocycles. The van der Waals surface area contributed by atoms with Gasteiger partial charge in [0.1, 0.15) is 5.82 Å². The molecule has 2 rings (SSSR count). The molecule has 0 aromatic heterocycles. The molecule has 1 aromatic carbocycles. The molecule has 1 aliphatic heterocycles. The maximum absolute atomic E-state index is 13.4. The fraction of sp³-hybridized carbons (Fsp3) is 0.571. The van der Waals surface area contributed by atoms with E-state index in [1.54, 1.807) is 6.07 Å². The third-order valence-corrected chi connectivity index (χ3v) is 4.51. The number of hydrogen-bond acceptors (Lipinski definition) is 1. The van der Waals surface area contributed by atoms with Gasteiger partial charge in [-0.1, -0.05) is 25.5 Å². The Kier molecular flexibility index (Phi) is 4.57. The molecule has 94 valence electrons. The van der Waals surface area contributed by atoms with Gasteiger partial charge in [-0.15, -0.1) is 0 Å². The van der Waals surface area contributed by atoms with Crippen LogP contribution in [0.25, 0.3) is 0 Å². The van der Waals surface area contributed by atoms with E-state index < -0.39 is 0 Å². The Labute approximate surface area is 111 Å². The van der Waals surface area contributed by atoms with Gasteiger partial charge in [-0.2, -0.15) is 0 Å². The van der Waals surface area contributed by atoms with E-state index in [4.69, 9.17) is 0 Å². The lowest BCUT2D eigenvalue weighted by Crippen LogP contribution is -2.38. The van der Waals surface area contributed by atoms with Gasteiger partial charge in [-0.05, 0) is 53.4 Å². The molecule has 0 saturated carbocycles. The SMILES string of the molecule is CCC1CCCCN1Cc1cccc(F)c1Br. The van der Waals surface area contributed by atoms with E-state index in [0.717, 1.165) is 18.7 Å². The molecule has 1 unspecified atom stereocenters. The lowest BCUT2D eigenvalue weighted by Gasteiger charge is -2.35.